The van der Waals surface area contributed by atoms with E-state index in [0.29, 0.717) is 0 Å². The molecule has 0 radical (unpaired) electrons. The second-order valence-corrected chi connectivity index (χ2v) is 9.05. The summed E-state index contributed by atoms with van der Waals surface area (Å²) in [4.78, 5) is 2.24. The summed E-state index contributed by atoms with van der Waals surface area (Å²) in [6, 6.07) is 0. The van der Waals surface area contributed by atoms with E-state index in [-0.39, 0.29) is 26.1 Å². The maximum absolute atomic E-state index is 12.2. The molecule has 14 heteroatoms. The molecule has 142 valence electrons. The molecule has 0 aromatic carbocycles. The summed E-state index contributed by atoms with van der Waals surface area (Å²) in [6.07, 6.45) is 2.15. The lowest BCUT2D eigenvalue weighted by molar-refractivity contribution is -0.0447. The van der Waals surface area contributed by atoms with Crippen LogP contribution in [0.25, 0.3) is 0 Å². The summed E-state index contributed by atoms with van der Waals surface area (Å²) in [5.74, 6) is -2.35. The maximum atomic E-state index is 12.2. The molecule has 0 aromatic heterocycles. The van der Waals surface area contributed by atoms with Crippen LogP contribution in [-0.4, -0.2) is 62.5 Å². The number of rotatable bonds is 7. The number of halogens is 6. The molecule has 0 fully saturated rings. The molecular weight excluding hydrogens is 390 g/mol. The van der Waals surface area contributed by atoms with Gasteiger partial charge in [0.2, 0.25) is 9.84 Å². The van der Waals surface area contributed by atoms with Gasteiger partial charge in [0.05, 0.1) is 12.4 Å². The first kappa shape index (κ1) is 20.9. The first-order valence-corrected chi connectivity index (χ1v) is 9.71. The lowest BCUT2D eigenvalue weighted by Crippen LogP contribution is -2.36. The zero-order chi connectivity index (χ0) is 18.8. The zero-order valence-electron chi connectivity index (χ0n) is 12.0. The highest BCUT2D eigenvalue weighted by Crippen LogP contribution is 2.26. The molecule has 0 N–H and O–H groups in total. The van der Waals surface area contributed by atoms with E-state index in [1.165, 1.54) is 11.1 Å². The molecule has 1 heterocycles. The molecule has 1 aliphatic heterocycles. The minimum atomic E-state index is -5.37. The van der Waals surface area contributed by atoms with Crippen LogP contribution in [0.1, 0.15) is 12.8 Å². The third-order valence-electron chi connectivity index (χ3n) is 3.00. The maximum Gasteiger partial charge on any atom is 0.499 e. The topological polar surface area (TPSA) is 74.8 Å². The van der Waals surface area contributed by atoms with Crippen molar-refractivity contribution >= 4 is 19.7 Å². The fraction of sp³-hybridized carbons (Fsp3) is 0.800. The second-order valence-electron chi connectivity index (χ2n) is 5.00. The Balaban J connectivity index is 2.39. The first-order valence-electron chi connectivity index (χ1n) is 6.40. The largest absolute Gasteiger partial charge is 0.499 e. The van der Waals surface area contributed by atoms with Gasteiger partial charge in [-0.05, 0) is 12.8 Å². The van der Waals surface area contributed by atoms with Crippen LogP contribution in [0.4, 0.5) is 26.3 Å². The van der Waals surface area contributed by atoms with Gasteiger partial charge in [-0.3, -0.25) is 0 Å². The summed E-state index contributed by atoms with van der Waals surface area (Å²) in [5, 5.41) is 0. The van der Waals surface area contributed by atoms with Gasteiger partial charge in [-0.2, -0.15) is 26.3 Å². The molecule has 0 spiro atoms. The Hall–Kier alpha value is -1.18. The van der Waals surface area contributed by atoms with E-state index in [1.54, 1.807) is 0 Å². The number of nitrogens with zero attached hydrogens (tertiary/aromatic N) is 2. The molecule has 6 nitrogen and oxygen atoms in total. The van der Waals surface area contributed by atoms with Crippen molar-refractivity contribution in [2.75, 3.05) is 24.8 Å². The standard InChI is InChI=1S/C10H14F6N2O4S2/c11-9(12,13)23(19,20)6-2-1-3-17-4-5-18(7-17)8-24(21,22)10(14,15)16/h4-5H,1-3,6-8H2. The Morgan fingerprint density at radius 3 is 1.79 bits per heavy atom. The molecule has 1 rings (SSSR count). The van der Waals surface area contributed by atoms with Crippen molar-refractivity contribution in [2.45, 2.75) is 23.9 Å². The molecule has 0 amide bonds. The van der Waals surface area contributed by atoms with E-state index in [2.05, 4.69) is 0 Å². The first-order chi connectivity index (χ1) is 10.7. The third kappa shape index (κ3) is 5.43. The van der Waals surface area contributed by atoms with Crippen LogP contribution >= 0.6 is 0 Å². The number of alkyl halides is 6. The lowest BCUT2D eigenvalue weighted by atomic mass is 10.3. The Labute approximate surface area is 134 Å². The summed E-state index contributed by atoms with van der Waals surface area (Å²) in [5.41, 5.74) is -10.7. The molecule has 0 aliphatic carbocycles. The quantitative estimate of drug-likeness (QED) is 0.475. The molecule has 0 saturated heterocycles. The van der Waals surface area contributed by atoms with Gasteiger partial charge in [-0.1, -0.05) is 0 Å². The van der Waals surface area contributed by atoms with Crippen molar-refractivity contribution in [2.24, 2.45) is 0 Å². The Bertz CT molecular complexity index is 668. The molecule has 0 saturated carbocycles. The normalized spacial score (nSPS) is 16.9. The molecule has 0 atom stereocenters. The number of hydrogen-bond donors (Lipinski definition) is 0. The zero-order valence-corrected chi connectivity index (χ0v) is 13.6. The van der Waals surface area contributed by atoms with Crippen molar-refractivity contribution in [1.29, 1.82) is 0 Å². The highest BCUT2D eigenvalue weighted by Gasteiger charge is 2.46. The Morgan fingerprint density at radius 2 is 1.29 bits per heavy atom. The molecule has 1 aliphatic rings. The minimum Gasteiger partial charge on any atom is -0.359 e. The highest BCUT2D eigenvalue weighted by atomic mass is 32.2. The summed E-state index contributed by atoms with van der Waals surface area (Å²) in [6.45, 7) is -0.117. The van der Waals surface area contributed by atoms with Gasteiger partial charge >= 0.3 is 11.0 Å². The number of unbranched alkanes of at least 4 members (excludes halogenated alkanes) is 1. The summed E-state index contributed by atoms with van der Waals surface area (Å²) < 4.78 is 117. The average Bonchev–Trinajstić information content (AvgIpc) is 2.78. The predicted octanol–water partition coefficient (Wildman–Crippen LogP) is 1.64. The van der Waals surface area contributed by atoms with Crippen LogP contribution in [0.2, 0.25) is 0 Å². The number of sulfone groups is 2. The summed E-state index contributed by atoms with van der Waals surface area (Å²) >= 11 is 0. The SMILES string of the molecule is O=S(=O)(CCCCN1C=CN(CS(=O)(=O)C(F)(F)F)C1)C(F)(F)F. The van der Waals surface area contributed by atoms with E-state index in [9.17, 15) is 43.2 Å². The van der Waals surface area contributed by atoms with Gasteiger partial charge in [0, 0.05) is 18.9 Å². The van der Waals surface area contributed by atoms with Gasteiger partial charge in [0.15, 0.2) is 0 Å². The van der Waals surface area contributed by atoms with E-state index in [1.807, 2.05) is 0 Å². The van der Waals surface area contributed by atoms with Crippen LogP contribution in [0, 0.1) is 0 Å². The van der Waals surface area contributed by atoms with Crippen LogP contribution in [0.3, 0.4) is 0 Å². The Morgan fingerprint density at radius 1 is 0.792 bits per heavy atom. The van der Waals surface area contributed by atoms with Crippen molar-refractivity contribution in [3.8, 4) is 0 Å². The lowest BCUT2D eigenvalue weighted by Gasteiger charge is -2.21. The third-order valence-corrected chi connectivity index (χ3v) is 5.91. The van der Waals surface area contributed by atoms with Gasteiger partial charge in [-0.25, -0.2) is 16.8 Å². The molecule has 0 aromatic rings. The molecular formula is C10H14F6N2O4S2. The van der Waals surface area contributed by atoms with E-state index in [0.717, 1.165) is 11.1 Å². The number of hydrogen-bond acceptors (Lipinski definition) is 6. The van der Waals surface area contributed by atoms with Crippen LogP contribution in [0.15, 0.2) is 12.4 Å². The van der Waals surface area contributed by atoms with Crippen molar-refractivity contribution in [3.63, 3.8) is 0 Å². The molecule has 0 bridgehead atoms. The van der Waals surface area contributed by atoms with Crippen molar-refractivity contribution < 1.29 is 43.2 Å². The highest BCUT2D eigenvalue weighted by molar-refractivity contribution is 7.92. The fourth-order valence-corrected chi connectivity index (χ4v) is 3.33. The predicted molar refractivity (Wildman–Crippen MR) is 71.5 cm³/mol. The van der Waals surface area contributed by atoms with E-state index < -0.39 is 42.3 Å². The van der Waals surface area contributed by atoms with Gasteiger partial charge in [-0.15, -0.1) is 0 Å². The van der Waals surface area contributed by atoms with Gasteiger partial charge in [0.1, 0.15) is 5.88 Å². The minimum absolute atomic E-state index is 0.0412. The van der Waals surface area contributed by atoms with Crippen molar-refractivity contribution in [1.82, 2.24) is 9.80 Å². The summed E-state index contributed by atoms with van der Waals surface area (Å²) in [7, 11) is -10.5. The van der Waals surface area contributed by atoms with Gasteiger partial charge in [0.25, 0.3) is 9.84 Å². The average molecular weight is 404 g/mol. The van der Waals surface area contributed by atoms with Crippen LogP contribution < -0.4 is 0 Å². The van der Waals surface area contributed by atoms with Crippen LogP contribution in [-0.2, 0) is 19.7 Å². The molecule has 24 heavy (non-hydrogen) atoms. The fourth-order valence-electron chi connectivity index (χ4n) is 1.76. The monoisotopic (exact) mass is 404 g/mol. The van der Waals surface area contributed by atoms with Gasteiger partial charge < -0.3 is 9.80 Å². The molecule has 0 unspecified atom stereocenters. The smallest absolute Gasteiger partial charge is 0.359 e. The Kier molecular flexibility index (Phi) is 6.07. The second kappa shape index (κ2) is 6.98. The van der Waals surface area contributed by atoms with Crippen LogP contribution in [0.5, 0.6) is 0 Å². The van der Waals surface area contributed by atoms with E-state index >= 15 is 0 Å². The van der Waals surface area contributed by atoms with Crippen molar-refractivity contribution in [3.05, 3.63) is 12.4 Å². The van der Waals surface area contributed by atoms with E-state index in [4.69, 9.17) is 0 Å².